The van der Waals surface area contributed by atoms with E-state index in [4.69, 9.17) is 11.3 Å². The number of ether oxygens (including phenoxy) is 1. The summed E-state index contributed by atoms with van der Waals surface area (Å²) >= 11 is 0. The van der Waals surface area contributed by atoms with Crippen LogP contribution in [0.1, 0.15) is 30.5 Å². The SMILES string of the molecule is [C-]#[N+]c1ccc(CC(=O)[C@](C)(Cn2ccc3cc(C)ccc32)OC(C)=O)cc1C. The predicted molar refractivity (Wildman–Crippen MR) is 113 cm³/mol. The zero-order chi connectivity index (χ0) is 21.2. The standard InChI is InChI=1S/C24H24N2O3/c1-16-6-9-22-20(12-16)10-11-26(22)15-24(4,29-18(3)27)23(28)14-19-7-8-21(25-5)17(2)13-19/h6-13H,14-15H2,1-4H3/t24-/m0/s1. The molecule has 0 aliphatic carbocycles. The number of hydrogen-bond donors (Lipinski definition) is 0. The molecule has 3 aromatic rings. The van der Waals surface area contributed by atoms with Crippen molar-refractivity contribution in [1.82, 2.24) is 4.57 Å². The molecule has 0 fully saturated rings. The maximum atomic E-state index is 13.2. The second-order valence-electron chi connectivity index (χ2n) is 7.66. The van der Waals surface area contributed by atoms with Gasteiger partial charge in [-0.05, 0) is 55.5 Å². The minimum atomic E-state index is -1.30. The molecule has 29 heavy (non-hydrogen) atoms. The van der Waals surface area contributed by atoms with Crippen LogP contribution >= 0.6 is 0 Å². The van der Waals surface area contributed by atoms with Crippen molar-refractivity contribution in [2.45, 2.75) is 46.3 Å². The molecule has 3 rings (SSSR count). The van der Waals surface area contributed by atoms with E-state index in [1.807, 2.05) is 48.9 Å². The number of ketones is 1. The Kier molecular flexibility index (Phi) is 5.56. The van der Waals surface area contributed by atoms with E-state index in [0.29, 0.717) is 5.69 Å². The third-order valence-electron chi connectivity index (χ3n) is 5.10. The summed E-state index contributed by atoms with van der Waals surface area (Å²) in [6, 6.07) is 13.4. The van der Waals surface area contributed by atoms with Crippen molar-refractivity contribution in [2.24, 2.45) is 0 Å². The normalized spacial score (nSPS) is 12.9. The van der Waals surface area contributed by atoms with Gasteiger partial charge in [0.2, 0.25) is 0 Å². The van der Waals surface area contributed by atoms with Gasteiger partial charge in [0.05, 0.1) is 13.1 Å². The molecule has 1 atom stereocenters. The van der Waals surface area contributed by atoms with Crippen LogP contribution in [0.2, 0.25) is 0 Å². The van der Waals surface area contributed by atoms with Crippen LogP contribution < -0.4 is 0 Å². The van der Waals surface area contributed by atoms with Gasteiger partial charge in [0.1, 0.15) is 0 Å². The first-order chi connectivity index (χ1) is 13.7. The van der Waals surface area contributed by atoms with Crippen LogP contribution in [-0.4, -0.2) is 21.9 Å². The monoisotopic (exact) mass is 388 g/mol. The van der Waals surface area contributed by atoms with Gasteiger partial charge < -0.3 is 9.30 Å². The number of carbonyl (C=O) groups excluding carboxylic acids is 2. The lowest BCUT2D eigenvalue weighted by atomic mass is 9.93. The van der Waals surface area contributed by atoms with Gasteiger partial charge >= 0.3 is 5.97 Å². The van der Waals surface area contributed by atoms with E-state index >= 15 is 0 Å². The Balaban J connectivity index is 1.90. The molecule has 0 radical (unpaired) electrons. The van der Waals surface area contributed by atoms with Crippen LogP contribution in [0, 0.1) is 20.4 Å². The van der Waals surface area contributed by atoms with Crippen molar-refractivity contribution in [2.75, 3.05) is 0 Å². The summed E-state index contributed by atoms with van der Waals surface area (Å²) in [5, 5.41) is 1.08. The number of fused-ring (bicyclic) bond motifs is 1. The van der Waals surface area contributed by atoms with Crippen molar-refractivity contribution >= 4 is 28.3 Å². The van der Waals surface area contributed by atoms with Crippen LogP contribution in [0.3, 0.4) is 0 Å². The highest BCUT2D eigenvalue weighted by atomic mass is 16.6. The molecule has 1 aromatic heterocycles. The van der Waals surface area contributed by atoms with Crippen LogP contribution in [0.4, 0.5) is 5.69 Å². The maximum Gasteiger partial charge on any atom is 0.303 e. The van der Waals surface area contributed by atoms with E-state index in [1.54, 1.807) is 19.1 Å². The quantitative estimate of drug-likeness (QED) is 0.444. The number of Topliss-reactive ketones (excluding diaryl/α,β-unsaturated/α-hetero) is 1. The summed E-state index contributed by atoms with van der Waals surface area (Å²) < 4.78 is 7.48. The summed E-state index contributed by atoms with van der Waals surface area (Å²) in [6.45, 7) is 14.3. The Morgan fingerprint density at radius 2 is 1.90 bits per heavy atom. The van der Waals surface area contributed by atoms with Crippen LogP contribution in [-0.2, 0) is 27.3 Å². The molecule has 0 N–H and O–H groups in total. The third kappa shape index (κ3) is 4.38. The second-order valence-corrected chi connectivity index (χ2v) is 7.66. The van der Waals surface area contributed by atoms with Crippen molar-refractivity contribution in [3.8, 4) is 0 Å². The average Bonchev–Trinajstić information content (AvgIpc) is 3.02. The lowest BCUT2D eigenvalue weighted by Crippen LogP contribution is -2.44. The largest absolute Gasteiger partial charge is 0.450 e. The minimum Gasteiger partial charge on any atom is -0.450 e. The van der Waals surface area contributed by atoms with Crippen LogP contribution in [0.15, 0.2) is 48.7 Å². The Labute approximate surface area is 170 Å². The van der Waals surface area contributed by atoms with Gasteiger partial charge in [0.15, 0.2) is 17.1 Å². The zero-order valence-electron chi connectivity index (χ0n) is 17.2. The molecule has 2 aromatic carbocycles. The van der Waals surface area contributed by atoms with Gasteiger partial charge in [-0.3, -0.25) is 9.59 Å². The first-order valence-electron chi connectivity index (χ1n) is 9.47. The number of aromatic nitrogens is 1. The van der Waals surface area contributed by atoms with Gasteiger partial charge in [-0.2, -0.15) is 0 Å². The Bertz CT molecular complexity index is 1140. The second kappa shape index (κ2) is 7.92. The van der Waals surface area contributed by atoms with E-state index in [2.05, 4.69) is 10.9 Å². The molecule has 5 heteroatoms. The summed E-state index contributed by atoms with van der Waals surface area (Å²) in [4.78, 5) is 28.4. The highest BCUT2D eigenvalue weighted by molar-refractivity contribution is 5.91. The number of aryl methyl sites for hydroxylation is 2. The molecule has 0 aliphatic heterocycles. The fourth-order valence-corrected chi connectivity index (χ4v) is 3.60. The first-order valence-corrected chi connectivity index (χ1v) is 9.47. The van der Waals surface area contributed by atoms with E-state index in [0.717, 1.165) is 27.6 Å². The summed E-state index contributed by atoms with van der Waals surface area (Å²) in [7, 11) is 0. The van der Waals surface area contributed by atoms with Crippen LogP contribution in [0.25, 0.3) is 15.7 Å². The molecule has 0 amide bonds. The van der Waals surface area contributed by atoms with Crippen molar-refractivity contribution < 1.29 is 14.3 Å². The number of rotatable bonds is 6. The smallest absolute Gasteiger partial charge is 0.303 e. The number of benzene rings is 2. The minimum absolute atomic E-state index is 0.126. The molecule has 0 unspecified atom stereocenters. The molecule has 0 aliphatic rings. The molecule has 0 saturated heterocycles. The summed E-state index contributed by atoms with van der Waals surface area (Å²) in [5.74, 6) is -0.677. The Hall–Kier alpha value is -3.39. The Morgan fingerprint density at radius 3 is 2.55 bits per heavy atom. The predicted octanol–water partition coefficient (Wildman–Crippen LogP) is 4.94. The molecular formula is C24H24N2O3. The van der Waals surface area contributed by atoms with Gasteiger partial charge in [0, 0.05) is 25.1 Å². The van der Waals surface area contributed by atoms with Gasteiger partial charge in [-0.15, -0.1) is 0 Å². The third-order valence-corrected chi connectivity index (χ3v) is 5.10. The van der Waals surface area contributed by atoms with Crippen LogP contribution in [0.5, 0.6) is 0 Å². The van der Waals surface area contributed by atoms with Crippen molar-refractivity contribution in [3.63, 3.8) is 0 Å². The maximum absolute atomic E-state index is 13.2. The lowest BCUT2D eigenvalue weighted by molar-refractivity contribution is -0.165. The van der Waals surface area contributed by atoms with Gasteiger partial charge in [-0.25, -0.2) is 4.85 Å². The molecular weight excluding hydrogens is 364 g/mol. The van der Waals surface area contributed by atoms with E-state index in [9.17, 15) is 9.59 Å². The molecule has 0 saturated carbocycles. The average molecular weight is 388 g/mol. The lowest BCUT2D eigenvalue weighted by Gasteiger charge is -2.29. The highest BCUT2D eigenvalue weighted by Crippen LogP contribution is 2.25. The number of hydrogen-bond acceptors (Lipinski definition) is 3. The zero-order valence-corrected chi connectivity index (χ0v) is 17.2. The molecule has 148 valence electrons. The van der Waals surface area contributed by atoms with Crippen molar-refractivity contribution in [1.29, 1.82) is 0 Å². The van der Waals surface area contributed by atoms with Gasteiger partial charge in [0.25, 0.3) is 0 Å². The number of nitrogens with zero attached hydrogens (tertiary/aromatic N) is 2. The van der Waals surface area contributed by atoms with Gasteiger partial charge in [-0.1, -0.05) is 29.8 Å². The van der Waals surface area contributed by atoms with E-state index in [1.165, 1.54) is 6.92 Å². The molecule has 0 spiro atoms. The molecule has 0 bridgehead atoms. The Morgan fingerprint density at radius 1 is 1.14 bits per heavy atom. The topological polar surface area (TPSA) is 52.7 Å². The summed E-state index contributed by atoms with van der Waals surface area (Å²) in [6.07, 6.45) is 2.04. The molecule has 1 heterocycles. The van der Waals surface area contributed by atoms with E-state index in [-0.39, 0.29) is 18.7 Å². The highest BCUT2D eigenvalue weighted by Gasteiger charge is 2.37. The molecule has 5 nitrogen and oxygen atoms in total. The number of carbonyl (C=O) groups is 2. The fraction of sp³-hybridized carbons (Fsp3) is 0.292. The van der Waals surface area contributed by atoms with E-state index < -0.39 is 11.6 Å². The number of esters is 1. The fourth-order valence-electron chi connectivity index (χ4n) is 3.60. The first kappa shape index (κ1) is 20.3. The summed E-state index contributed by atoms with van der Waals surface area (Å²) in [5.41, 5.74) is 3.04. The van der Waals surface area contributed by atoms with Crippen molar-refractivity contribution in [3.05, 3.63) is 76.8 Å².